The van der Waals surface area contributed by atoms with Crippen LogP contribution in [0, 0.1) is 0 Å². The van der Waals surface area contributed by atoms with Gasteiger partial charge in [-0.1, -0.05) is 36.0 Å². The monoisotopic (exact) mass is 238 g/mol. The molecule has 0 spiro atoms. The van der Waals surface area contributed by atoms with Gasteiger partial charge < -0.3 is 0 Å². The number of rotatable bonds is 0. The number of aliphatic imine (C=N–C) groups is 1. The zero-order valence-electron chi connectivity index (χ0n) is 9.34. The summed E-state index contributed by atoms with van der Waals surface area (Å²) in [6, 6.07) is 12.7. The first-order valence-corrected chi connectivity index (χ1v) is 6.46. The van der Waals surface area contributed by atoms with E-state index < -0.39 is 0 Å². The lowest BCUT2D eigenvalue weighted by Crippen LogP contribution is -2.24. The third kappa shape index (κ3) is 1.15. The summed E-state index contributed by atoms with van der Waals surface area (Å²) < 4.78 is 0. The van der Waals surface area contributed by atoms with Gasteiger partial charge in [-0.2, -0.15) is 0 Å². The van der Waals surface area contributed by atoms with Gasteiger partial charge in [0, 0.05) is 11.1 Å². The fraction of sp³-hybridized carbons (Fsp3) is 0.0714. The SMILES string of the molecule is CC1=CSC2=Nc3cccc4cccc(c34)N12. The highest BCUT2D eigenvalue weighted by Gasteiger charge is 2.27. The van der Waals surface area contributed by atoms with E-state index in [2.05, 4.69) is 53.6 Å². The van der Waals surface area contributed by atoms with Crippen LogP contribution in [0.3, 0.4) is 0 Å². The maximum absolute atomic E-state index is 4.73. The van der Waals surface area contributed by atoms with Crippen LogP contribution in [0.25, 0.3) is 10.8 Å². The van der Waals surface area contributed by atoms with Gasteiger partial charge in [0.05, 0.1) is 11.4 Å². The first kappa shape index (κ1) is 9.31. The molecule has 2 heterocycles. The zero-order chi connectivity index (χ0) is 11.4. The second-order valence-electron chi connectivity index (χ2n) is 4.26. The predicted octanol–water partition coefficient (Wildman–Crippen LogP) is 4.26. The Hall–Kier alpha value is -1.74. The highest BCUT2D eigenvalue weighted by atomic mass is 32.2. The molecular weight excluding hydrogens is 228 g/mol. The Morgan fingerprint density at radius 1 is 1.12 bits per heavy atom. The van der Waals surface area contributed by atoms with Gasteiger partial charge in [-0.05, 0) is 29.9 Å². The molecule has 0 amide bonds. The third-order valence-electron chi connectivity index (χ3n) is 3.20. The summed E-state index contributed by atoms with van der Waals surface area (Å²) in [5.41, 5.74) is 3.58. The van der Waals surface area contributed by atoms with Gasteiger partial charge in [0.15, 0.2) is 5.17 Å². The quantitative estimate of drug-likeness (QED) is 0.681. The highest BCUT2D eigenvalue weighted by Crippen LogP contribution is 2.44. The lowest BCUT2D eigenvalue weighted by molar-refractivity contribution is 1.23. The first-order valence-electron chi connectivity index (χ1n) is 5.58. The number of anilines is 1. The van der Waals surface area contributed by atoms with Gasteiger partial charge in [-0.15, -0.1) is 0 Å². The average Bonchev–Trinajstić information content (AvgIpc) is 2.72. The Balaban J connectivity index is 2.15. The van der Waals surface area contributed by atoms with Crippen LogP contribution in [0.1, 0.15) is 6.92 Å². The predicted molar refractivity (Wildman–Crippen MR) is 74.9 cm³/mol. The summed E-state index contributed by atoms with van der Waals surface area (Å²) in [4.78, 5) is 6.97. The number of allylic oxidation sites excluding steroid dienone is 1. The van der Waals surface area contributed by atoms with Crippen molar-refractivity contribution in [3.63, 3.8) is 0 Å². The first-order chi connectivity index (χ1) is 8.34. The van der Waals surface area contributed by atoms with Crippen LogP contribution >= 0.6 is 11.8 Å². The van der Waals surface area contributed by atoms with Crippen LogP contribution in [-0.2, 0) is 0 Å². The number of fused-ring (bicyclic) bond motifs is 2. The molecule has 17 heavy (non-hydrogen) atoms. The average molecular weight is 238 g/mol. The summed E-state index contributed by atoms with van der Waals surface area (Å²) in [5, 5.41) is 5.74. The van der Waals surface area contributed by atoms with Gasteiger partial charge >= 0.3 is 0 Å². The van der Waals surface area contributed by atoms with Crippen LogP contribution in [0.2, 0.25) is 0 Å². The van der Waals surface area contributed by atoms with Crippen molar-refractivity contribution in [1.82, 2.24) is 0 Å². The largest absolute Gasteiger partial charge is 0.292 e. The molecule has 0 saturated heterocycles. The molecule has 0 atom stereocenters. The van der Waals surface area contributed by atoms with E-state index in [0.29, 0.717) is 0 Å². The Labute approximate surface area is 104 Å². The van der Waals surface area contributed by atoms with E-state index in [1.54, 1.807) is 11.8 Å². The van der Waals surface area contributed by atoms with Crippen LogP contribution in [-0.4, -0.2) is 5.17 Å². The number of thioether (sulfide) groups is 1. The number of nitrogens with zero attached hydrogens (tertiary/aromatic N) is 2. The molecule has 2 aromatic carbocycles. The van der Waals surface area contributed by atoms with Crippen molar-refractivity contribution in [2.24, 2.45) is 4.99 Å². The molecule has 0 unspecified atom stereocenters. The van der Waals surface area contributed by atoms with Crippen LogP contribution in [0.5, 0.6) is 0 Å². The lowest BCUT2D eigenvalue weighted by Gasteiger charge is -2.26. The number of hydrogen-bond donors (Lipinski definition) is 0. The highest BCUT2D eigenvalue weighted by molar-refractivity contribution is 8.17. The van der Waals surface area contributed by atoms with Crippen LogP contribution in [0.15, 0.2) is 52.5 Å². The summed E-state index contributed by atoms with van der Waals surface area (Å²) in [5.74, 6) is 0. The van der Waals surface area contributed by atoms with Gasteiger partial charge in [0.2, 0.25) is 0 Å². The molecule has 0 aliphatic carbocycles. The molecule has 0 saturated carbocycles. The van der Waals surface area contributed by atoms with Crippen molar-refractivity contribution in [3.8, 4) is 0 Å². The smallest absolute Gasteiger partial charge is 0.177 e. The van der Waals surface area contributed by atoms with Crippen molar-refractivity contribution < 1.29 is 0 Å². The number of benzene rings is 2. The van der Waals surface area contributed by atoms with E-state index >= 15 is 0 Å². The van der Waals surface area contributed by atoms with E-state index in [-0.39, 0.29) is 0 Å². The summed E-state index contributed by atoms with van der Waals surface area (Å²) in [6.07, 6.45) is 0. The van der Waals surface area contributed by atoms with E-state index in [1.807, 2.05) is 0 Å². The maximum atomic E-state index is 4.73. The van der Waals surface area contributed by atoms with Gasteiger partial charge in [-0.3, -0.25) is 4.90 Å². The van der Waals surface area contributed by atoms with Crippen LogP contribution in [0.4, 0.5) is 11.4 Å². The number of hydrogen-bond acceptors (Lipinski definition) is 3. The normalized spacial score (nSPS) is 16.9. The molecule has 2 nitrogen and oxygen atoms in total. The fourth-order valence-electron chi connectivity index (χ4n) is 2.45. The standard InChI is InChI=1S/C14H10N2S/c1-9-8-17-14-15-11-6-2-4-10-5-3-7-12(13(10)11)16(9)14/h2-8H,1H3. The topological polar surface area (TPSA) is 15.6 Å². The Bertz CT molecular complexity index is 695. The molecule has 2 aliphatic heterocycles. The summed E-state index contributed by atoms with van der Waals surface area (Å²) in [6.45, 7) is 2.13. The molecule has 82 valence electrons. The number of amidine groups is 1. The Morgan fingerprint density at radius 2 is 1.94 bits per heavy atom. The van der Waals surface area contributed by atoms with Gasteiger partial charge in [-0.25, -0.2) is 4.99 Å². The van der Waals surface area contributed by atoms with Crippen molar-refractivity contribution in [3.05, 3.63) is 47.5 Å². The third-order valence-corrected chi connectivity index (χ3v) is 4.14. The molecule has 0 bridgehead atoms. The zero-order valence-corrected chi connectivity index (χ0v) is 10.2. The van der Waals surface area contributed by atoms with Gasteiger partial charge in [0.1, 0.15) is 0 Å². The molecular formula is C14H10N2S. The van der Waals surface area contributed by atoms with E-state index in [0.717, 1.165) is 10.9 Å². The molecule has 2 aromatic rings. The molecule has 0 radical (unpaired) electrons. The summed E-state index contributed by atoms with van der Waals surface area (Å²) >= 11 is 1.70. The van der Waals surface area contributed by atoms with Crippen molar-refractivity contribution in [1.29, 1.82) is 0 Å². The Kier molecular flexibility index (Phi) is 1.72. The molecule has 0 aromatic heterocycles. The second-order valence-corrected chi connectivity index (χ2v) is 5.10. The molecule has 0 N–H and O–H groups in total. The van der Waals surface area contributed by atoms with Crippen molar-refractivity contribution >= 4 is 39.1 Å². The molecule has 4 rings (SSSR count). The Morgan fingerprint density at radius 3 is 2.82 bits per heavy atom. The van der Waals surface area contributed by atoms with E-state index in [1.165, 1.54) is 22.2 Å². The fourth-order valence-corrected chi connectivity index (χ4v) is 3.33. The molecule has 2 aliphatic rings. The molecule has 3 heteroatoms. The van der Waals surface area contributed by atoms with E-state index in [4.69, 9.17) is 4.99 Å². The van der Waals surface area contributed by atoms with Crippen LogP contribution < -0.4 is 4.90 Å². The van der Waals surface area contributed by atoms with Crippen molar-refractivity contribution in [2.45, 2.75) is 6.92 Å². The molecule has 0 fully saturated rings. The second kappa shape index (κ2) is 3.14. The minimum absolute atomic E-state index is 1.06. The lowest BCUT2D eigenvalue weighted by atomic mass is 10.0. The summed E-state index contributed by atoms with van der Waals surface area (Å²) in [7, 11) is 0. The minimum Gasteiger partial charge on any atom is -0.292 e. The van der Waals surface area contributed by atoms with E-state index in [9.17, 15) is 0 Å². The minimum atomic E-state index is 1.06. The maximum Gasteiger partial charge on any atom is 0.177 e. The van der Waals surface area contributed by atoms with Crippen molar-refractivity contribution in [2.75, 3.05) is 4.90 Å². The van der Waals surface area contributed by atoms with Gasteiger partial charge in [0.25, 0.3) is 0 Å².